The molecule has 0 saturated heterocycles. The van der Waals surface area contributed by atoms with Crippen molar-refractivity contribution in [3.63, 3.8) is 0 Å². The Hall–Kier alpha value is -3.26. The van der Waals surface area contributed by atoms with E-state index in [1.165, 1.54) is 0 Å². The van der Waals surface area contributed by atoms with Gasteiger partial charge in [0.2, 0.25) is 0 Å². The first kappa shape index (κ1) is 24.8. The first-order chi connectivity index (χ1) is 14.1. The smallest absolute Gasteiger partial charge is 0.274 e. The average molecular weight is 405 g/mol. The molecule has 0 fully saturated rings. The minimum atomic E-state index is -0.708. The average Bonchev–Trinajstić information content (AvgIpc) is 2.72. The lowest BCUT2D eigenvalue weighted by Gasteiger charge is -2.16. The number of allylic oxidation sites excluding steroid dienone is 7. The maximum Gasteiger partial charge on any atom is 0.274 e. The quantitative estimate of drug-likeness (QED) is 0.448. The van der Waals surface area contributed by atoms with Crippen LogP contribution in [0.15, 0.2) is 71.6 Å². The van der Waals surface area contributed by atoms with Gasteiger partial charge >= 0.3 is 0 Å². The molecule has 0 saturated carbocycles. The molecule has 0 aliphatic carbocycles. The molecule has 158 valence electrons. The zero-order valence-corrected chi connectivity index (χ0v) is 18.8. The molecule has 30 heavy (non-hydrogen) atoms. The van der Waals surface area contributed by atoms with Crippen LogP contribution in [-0.4, -0.2) is 23.1 Å². The van der Waals surface area contributed by atoms with Crippen molar-refractivity contribution in [1.82, 2.24) is 10.3 Å². The number of amides is 1. The van der Waals surface area contributed by atoms with E-state index in [1.807, 2.05) is 52.0 Å². The Morgan fingerprint density at radius 1 is 1.37 bits per heavy atom. The number of nitrogens with one attached hydrogen (secondary N) is 1. The second-order valence-electron chi connectivity index (χ2n) is 7.80. The van der Waals surface area contributed by atoms with Crippen molar-refractivity contribution in [3.05, 3.63) is 77.8 Å². The van der Waals surface area contributed by atoms with E-state index in [2.05, 4.69) is 27.9 Å². The van der Waals surface area contributed by atoms with E-state index in [4.69, 9.17) is 0 Å². The fraction of sp³-hybridized carbons (Fsp3) is 0.360. The number of hydrogen-bond donors (Lipinski definition) is 1. The summed E-state index contributed by atoms with van der Waals surface area (Å²) in [5.41, 5.74) is 1.89. The molecule has 1 unspecified atom stereocenters. The summed E-state index contributed by atoms with van der Waals surface area (Å²) in [4.78, 5) is 21.4. The molecule has 0 radical (unpaired) electrons. The van der Waals surface area contributed by atoms with Crippen LogP contribution in [0.25, 0.3) is 0 Å². The number of aliphatic imine (C=N–C) groups is 1. The van der Waals surface area contributed by atoms with Gasteiger partial charge in [-0.2, -0.15) is 5.26 Å². The van der Waals surface area contributed by atoms with Crippen LogP contribution in [0.3, 0.4) is 0 Å². The Kier molecular flexibility index (Phi) is 9.64. The summed E-state index contributed by atoms with van der Waals surface area (Å²) in [5, 5.41) is 12.3. The van der Waals surface area contributed by atoms with Crippen molar-refractivity contribution in [2.24, 2.45) is 10.9 Å². The zero-order valence-electron chi connectivity index (χ0n) is 18.8. The summed E-state index contributed by atoms with van der Waals surface area (Å²) in [5.74, 6) is -0.332. The van der Waals surface area contributed by atoms with Gasteiger partial charge in [-0.15, -0.1) is 0 Å². The lowest BCUT2D eigenvalue weighted by atomic mass is 9.86. The third-order valence-electron chi connectivity index (χ3n) is 4.44. The van der Waals surface area contributed by atoms with E-state index in [9.17, 15) is 10.1 Å². The Morgan fingerprint density at radius 3 is 2.63 bits per heavy atom. The molecule has 1 amide bonds. The number of hydrogen-bond acceptors (Lipinski definition) is 4. The molecule has 1 aromatic rings. The van der Waals surface area contributed by atoms with Gasteiger partial charge in [0.05, 0.1) is 17.2 Å². The number of nitriles is 1. The Balaban J connectivity index is 3.23. The van der Waals surface area contributed by atoms with Gasteiger partial charge in [-0.1, -0.05) is 43.9 Å². The normalized spacial score (nSPS) is 14.2. The minimum Gasteiger partial charge on any atom is -0.320 e. The molecule has 0 aromatic carbocycles. The van der Waals surface area contributed by atoms with Gasteiger partial charge in [0.25, 0.3) is 5.91 Å². The summed E-state index contributed by atoms with van der Waals surface area (Å²) >= 11 is 0. The molecule has 5 nitrogen and oxygen atoms in total. The first-order valence-corrected chi connectivity index (χ1v) is 10.0. The Morgan fingerprint density at radius 2 is 2.07 bits per heavy atom. The number of nitrogens with zero attached hydrogens (tertiary/aromatic N) is 3. The predicted molar refractivity (Wildman–Crippen MR) is 124 cm³/mol. The van der Waals surface area contributed by atoms with Crippen LogP contribution in [0.4, 0.5) is 0 Å². The van der Waals surface area contributed by atoms with E-state index in [-0.39, 0.29) is 23.6 Å². The van der Waals surface area contributed by atoms with Crippen molar-refractivity contribution < 1.29 is 4.79 Å². The summed E-state index contributed by atoms with van der Waals surface area (Å²) in [6.45, 7) is 15.4. The molecule has 0 spiro atoms. The maximum absolute atomic E-state index is 12.9. The van der Waals surface area contributed by atoms with Crippen molar-refractivity contribution in [2.45, 2.75) is 53.0 Å². The summed E-state index contributed by atoms with van der Waals surface area (Å²) in [6.07, 6.45) is 12.8. The molecule has 5 heteroatoms. The van der Waals surface area contributed by atoms with Crippen LogP contribution in [-0.2, 0) is 5.41 Å². The maximum atomic E-state index is 12.9. The van der Waals surface area contributed by atoms with Gasteiger partial charge < -0.3 is 5.32 Å². The third kappa shape index (κ3) is 7.63. The monoisotopic (exact) mass is 404 g/mol. The lowest BCUT2D eigenvalue weighted by Crippen LogP contribution is -2.26. The highest BCUT2D eigenvalue weighted by molar-refractivity contribution is 5.97. The molecule has 1 N–H and O–H groups in total. The molecule has 0 aliphatic heterocycles. The van der Waals surface area contributed by atoms with E-state index in [0.29, 0.717) is 5.70 Å². The third-order valence-corrected chi connectivity index (χ3v) is 4.44. The van der Waals surface area contributed by atoms with Crippen molar-refractivity contribution >= 4 is 12.1 Å². The zero-order chi connectivity index (χ0) is 22.7. The Labute approximate surface area is 180 Å². The number of rotatable bonds is 9. The van der Waals surface area contributed by atoms with Gasteiger partial charge in [-0.25, -0.2) is 0 Å². The number of carbonyl (C=O) groups is 1. The van der Waals surface area contributed by atoms with Crippen LogP contribution in [0, 0.1) is 17.2 Å². The van der Waals surface area contributed by atoms with Crippen molar-refractivity contribution in [3.8, 4) is 6.07 Å². The molecule has 1 rings (SSSR count). The van der Waals surface area contributed by atoms with E-state index in [1.54, 1.807) is 44.5 Å². The molecule has 1 atom stereocenters. The largest absolute Gasteiger partial charge is 0.320 e. The molecule has 1 aromatic heterocycles. The summed E-state index contributed by atoms with van der Waals surface area (Å²) in [7, 11) is 0. The van der Waals surface area contributed by atoms with Crippen molar-refractivity contribution in [1.29, 1.82) is 5.26 Å². The molecular formula is C25H32N4O. The molecular weight excluding hydrogens is 372 g/mol. The molecule has 1 heterocycles. The standard InChI is InChI=1S/C25H32N4O/c1-8-10-11-20(9-2)19(5)14-22(16-28-18(3)4)29-24(30)23-15-21(12-13-27-23)25(6,7)17-26/h8-16,18-19H,2H2,1,3-7H3,(H,29,30)/b10-8-,20-11+,22-14+,28-16?. The number of pyridine rings is 1. The number of carbonyl (C=O) groups excluding carboxylic acids is 1. The molecule has 0 bridgehead atoms. The highest BCUT2D eigenvalue weighted by atomic mass is 16.1. The second kappa shape index (κ2) is 11.7. The Bertz CT molecular complexity index is 911. The highest BCUT2D eigenvalue weighted by Crippen LogP contribution is 2.22. The minimum absolute atomic E-state index is 0.0180. The fourth-order valence-electron chi connectivity index (χ4n) is 2.53. The van der Waals surface area contributed by atoms with E-state index >= 15 is 0 Å². The van der Waals surface area contributed by atoms with Crippen LogP contribution in [0.5, 0.6) is 0 Å². The van der Waals surface area contributed by atoms with Crippen LogP contribution in [0.2, 0.25) is 0 Å². The second-order valence-corrected chi connectivity index (χ2v) is 7.80. The van der Waals surface area contributed by atoms with Crippen LogP contribution >= 0.6 is 0 Å². The van der Waals surface area contributed by atoms with Gasteiger partial charge in [0, 0.05) is 24.4 Å². The first-order valence-electron chi connectivity index (χ1n) is 10.0. The fourth-order valence-corrected chi connectivity index (χ4v) is 2.53. The van der Waals surface area contributed by atoms with Crippen LogP contribution < -0.4 is 5.32 Å². The van der Waals surface area contributed by atoms with Gasteiger partial charge in [-0.05, 0) is 57.9 Å². The highest BCUT2D eigenvalue weighted by Gasteiger charge is 2.21. The number of aromatic nitrogens is 1. The van der Waals surface area contributed by atoms with Crippen molar-refractivity contribution in [2.75, 3.05) is 0 Å². The lowest BCUT2D eigenvalue weighted by molar-refractivity contribution is 0.0963. The topological polar surface area (TPSA) is 78.1 Å². The van der Waals surface area contributed by atoms with Gasteiger partial charge in [0.1, 0.15) is 5.69 Å². The van der Waals surface area contributed by atoms with Gasteiger partial charge in [0.15, 0.2) is 0 Å². The summed E-state index contributed by atoms with van der Waals surface area (Å²) < 4.78 is 0. The van der Waals surface area contributed by atoms with Gasteiger partial charge in [-0.3, -0.25) is 14.8 Å². The molecule has 0 aliphatic rings. The summed E-state index contributed by atoms with van der Waals surface area (Å²) in [6, 6.07) is 5.74. The predicted octanol–water partition coefficient (Wildman–Crippen LogP) is 5.30. The SMILES string of the molecule is C=C/C(=C\C=C/C)C(C)/C=C(\C=NC(C)C)NC(=O)c1cc(C(C)(C)C#N)ccn1. The van der Waals surface area contributed by atoms with E-state index < -0.39 is 5.41 Å². The van der Waals surface area contributed by atoms with E-state index in [0.717, 1.165) is 11.1 Å². The van der Waals surface area contributed by atoms with Crippen LogP contribution in [0.1, 0.15) is 57.6 Å².